The lowest BCUT2D eigenvalue weighted by Crippen LogP contribution is -2.43. The highest BCUT2D eigenvalue weighted by Crippen LogP contribution is 2.44. The van der Waals surface area contributed by atoms with E-state index in [4.69, 9.17) is 23.2 Å². The van der Waals surface area contributed by atoms with Crippen LogP contribution in [0.1, 0.15) is 0 Å². The molecule has 1 aromatic rings. The van der Waals surface area contributed by atoms with Gasteiger partial charge in [0, 0.05) is 12.1 Å². The molecule has 15 heavy (non-hydrogen) atoms. The quantitative estimate of drug-likeness (QED) is 0.707. The Morgan fingerprint density at radius 2 is 1.67 bits per heavy atom. The summed E-state index contributed by atoms with van der Waals surface area (Å²) < 4.78 is 46.5. The predicted molar refractivity (Wildman–Crippen MR) is 47.6 cm³/mol. The van der Waals surface area contributed by atoms with Crippen LogP contribution in [0.15, 0.2) is 12.1 Å². The number of benzene rings is 1. The molecule has 7 heteroatoms. The SMILES string of the molecule is F[C@H]1Oc2cc(Cl)c(Cl)cc2OC1(F)F. The molecular weight excluding hydrogens is 256 g/mol. The monoisotopic (exact) mass is 258 g/mol. The van der Waals surface area contributed by atoms with Crippen molar-refractivity contribution in [1.82, 2.24) is 0 Å². The van der Waals surface area contributed by atoms with Gasteiger partial charge in [-0.2, -0.15) is 13.2 Å². The minimum absolute atomic E-state index is 0.0205. The molecule has 1 aromatic carbocycles. The third-order valence-corrected chi connectivity index (χ3v) is 2.45. The smallest absolute Gasteiger partial charge is 0.447 e. The topological polar surface area (TPSA) is 18.5 Å². The lowest BCUT2D eigenvalue weighted by atomic mass is 10.3. The van der Waals surface area contributed by atoms with Crippen LogP contribution in [0.4, 0.5) is 13.2 Å². The molecule has 0 fully saturated rings. The molecule has 82 valence electrons. The van der Waals surface area contributed by atoms with Crippen LogP contribution in [0.5, 0.6) is 11.5 Å². The van der Waals surface area contributed by atoms with Crippen LogP contribution >= 0.6 is 23.2 Å². The molecule has 1 aliphatic heterocycles. The summed E-state index contributed by atoms with van der Waals surface area (Å²) in [6.07, 6.45) is -6.88. The Labute approximate surface area is 92.5 Å². The second-order valence-electron chi connectivity index (χ2n) is 2.81. The maximum Gasteiger partial charge on any atom is 0.468 e. The van der Waals surface area contributed by atoms with Crippen molar-refractivity contribution in [3.63, 3.8) is 0 Å². The Morgan fingerprint density at radius 1 is 1.13 bits per heavy atom. The van der Waals surface area contributed by atoms with Crippen molar-refractivity contribution in [2.24, 2.45) is 0 Å². The van der Waals surface area contributed by atoms with Crippen LogP contribution in [-0.4, -0.2) is 12.5 Å². The molecule has 0 aliphatic carbocycles. The number of rotatable bonds is 0. The first kappa shape index (κ1) is 10.7. The van der Waals surface area contributed by atoms with Gasteiger partial charge in [0.1, 0.15) is 0 Å². The molecule has 0 aromatic heterocycles. The molecule has 0 bridgehead atoms. The minimum Gasteiger partial charge on any atom is -0.447 e. The summed E-state index contributed by atoms with van der Waals surface area (Å²) >= 11 is 11.2. The fourth-order valence-corrected chi connectivity index (χ4v) is 1.36. The summed E-state index contributed by atoms with van der Waals surface area (Å²) in [6.45, 7) is 0. The van der Waals surface area contributed by atoms with E-state index >= 15 is 0 Å². The van der Waals surface area contributed by atoms with Gasteiger partial charge in [0.2, 0.25) is 0 Å². The van der Waals surface area contributed by atoms with Crippen molar-refractivity contribution in [2.45, 2.75) is 12.5 Å². The molecule has 2 rings (SSSR count). The average Bonchev–Trinajstić information content (AvgIpc) is 2.11. The highest BCUT2D eigenvalue weighted by molar-refractivity contribution is 6.42. The van der Waals surface area contributed by atoms with Crippen molar-refractivity contribution in [2.75, 3.05) is 0 Å². The fraction of sp³-hybridized carbons (Fsp3) is 0.250. The third kappa shape index (κ3) is 1.81. The van der Waals surface area contributed by atoms with Gasteiger partial charge in [0.25, 0.3) is 0 Å². The zero-order valence-electron chi connectivity index (χ0n) is 6.94. The number of fused-ring (bicyclic) bond motifs is 1. The van der Waals surface area contributed by atoms with E-state index in [1.807, 2.05) is 0 Å². The van der Waals surface area contributed by atoms with Gasteiger partial charge in [-0.1, -0.05) is 23.2 Å². The van der Waals surface area contributed by atoms with Gasteiger partial charge in [0.15, 0.2) is 11.5 Å². The van der Waals surface area contributed by atoms with Crippen LogP contribution in [0.25, 0.3) is 0 Å². The first-order valence-electron chi connectivity index (χ1n) is 3.77. The Hall–Kier alpha value is -0.810. The molecule has 0 N–H and O–H groups in total. The van der Waals surface area contributed by atoms with E-state index in [0.717, 1.165) is 12.1 Å². The summed E-state index contributed by atoms with van der Waals surface area (Å²) in [6, 6.07) is 2.15. The fourth-order valence-electron chi connectivity index (χ4n) is 1.06. The van der Waals surface area contributed by atoms with E-state index in [-0.39, 0.29) is 21.5 Å². The van der Waals surface area contributed by atoms with Crippen molar-refractivity contribution < 1.29 is 22.6 Å². The number of hydrogen-bond acceptors (Lipinski definition) is 2. The summed E-state index contributed by atoms with van der Waals surface area (Å²) in [5.74, 6) is -0.550. The van der Waals surface area contributed by atoms with Gasteiger partial charge in [-0.05, 0) is 0 Å². The first-order chi connectivity index (χ1) is 6.90. The van der Waals surface area contributed by atoms with Crippen molar-refractivity contribution in [3.8, 4) is 11.5 Å². The molecule has 1 atom stereocenters. The van der Waals surface area contributed by atoms with Crippen molar-refractivity contribution >= 4 is 23.2 Å². The number of halogens is 5. The highest BCUT2D eigenvalue weighted by Gasteiger charge is 2.49. The molecule has 0 unspecified atom stereocenters. The number of alkyl halides is 3. The van der Waals surface area contributed by atoms with E-state index in [1.165, 1.54) is 0 Å². The largest absolute Gasteiger partial charge is 0.468 e. The van der Waals surface area contributed by atoms with Gasteiger partial charge >= 0.3 is 12.5 Å². The lowest BCUT2D eigenvalue weighted by molar-refractivity contribution is -0.281. The summed E-state index contributed by atoms with van der Waals surface area (Å²) in [4.78, 5) is 0. The van der Waals surface area contributed by atoms with Crippen LogP contribution < -0.4 is 9.47 Å². The van der Waals surface area contributed by atoms with Gasteiger partial charge in [-0.3, -0.25) is 0 Å². The molecule has 0 saturated heterocycles. The van der Waals surface area contributed by atoms with Crippen LogP contribution in [-0.2, 0) is 0 Å². The molecule has 1 aliphatic rings. The van der Waals surface area contributed by atoms with Gasteiger partial charge in [-0.15, -0.1) is 0 Å². The zero-order valence-corrected chi connectivity index (χ0v) is 8.45. The Bertz CT molecular complexity index is 411. The highest BCUT2D eigenvalue weighted by atomic mass is 35.5. The summed E-state index contributed by atoms with van der Waals surface area (Å²) in [7, 11) is 0. The molecule has 1 heterocycles. The van der Waals surface area contributed by atoms with E-state index < -0.39 is 12.5 Å². The molecule has 2 nitrogen and oxygen atoms in total. The van der Waals surface area contributed by atoms with E-state index in [9.17, 15) is 13.2 Å². The third-order valence-electron chi connectivity index (χ3n) is 1.73. The minimum atomic E-state index is -4.02. The van der Waals surface area contributed by atoms with Crippen molar-refractivity contribution in [1.29, 1.82) is 0 Å². The molecule has 0 amide bonds. The first-order valence-corrected chi connectivity index (χ1v) is 4.52. The maximum absolute atomic E-state index is 12.7. The molecular formula is C8H3Cl2F3O2. The lowest BCUT2D eigenvalue weighted by Gasteiger charge is -2.28. The van der Waals surface area contributed by atoms with Gasteiger partial charge in [-0.25, -0.2) is 0 Å². The predicted octanol–water partition coefficient (Wildman–Crippen LogP) is 3.65. The molecule has 0 saturated carbocycles. The molecule has 0 radical (unpaired) electrons. The average molecular weight is 259 g/mol. The van der Waals surface area contributed by atoms with E-state index in [0.29, 0.717) is 0 Å². The van der Waals surface area contributed by atoms with Gasteiger partial charge < -0.3 is 9.47 Å². The zero-order chi connectivity index (χ0) is 11.2. The Morgan fingerprint density at radius 3 is 2.27 bits per heavy atom. The second-order valence-corrected chi connectivity index (χ2v) is 3.63. The molecule has 0 spiro atoms. The Balaban J connectivity index is 2.46. The van der Waals surface area contributed by atoms with Crippen LogP contribution in [0, 0.1) is 0 Å². The van der Waals surface area contributed by atoms with Gasteiger partial charge in [0.05, 0.1) is 10.0 Å². The van der Waals surface area contributed by atoms with E-state index in [1.54, 1.807) is 0 Å². The number of ether oxygens (including phenoxy) is 2. The van der Waals surface area contributed by atoms with E-state index in [2.05, 4.69) is 9.47 Å². The normalized spacial score (nSPS) is 22.6. The summed E-state index contributed by atoms with van der Waals surface area (Å²) in [5, 5.41) is 0.0866. The summed E-state index contributed by atoms with van der Waals surface area (Å²) in [5.41, 5.74) is 0. The maximum atomic E-state index is 12.7. The second kappa shape index (κ2) is 3.35. The standard InChI is InChI=1S/C8H3Cl2F3O2/c9-3-1-5-6(2-4(3)10)15-8(12,13)7(11)14-5/h1-2,7H/t7-/m0/s1. The number of hydrogen-bond donors (Lipinski definition) is 0. The van der Waals surface area contributed by atoms with Crippen LogP contribution in [0.2, 0.25) is 10.0 Å². The van der Waals surface area contributed by atoms with Crippen LogP contribution in [0.3, 0.4) is 0 Å². The Kier molecular flexibility index (Phi) is 2.39. The van der Waals surface area contributed by atoms with Crippen molar-refractivity contribution in [3.05, 3.63) is 22.2 Å².